The summed E-state index contributed by atoms with van der Waals surface area (Å²) in [6.45, 7) is 7.66. The van der Waals surface area contributed by atoms with E-state index in [9.17, 15) is 24.3 Å². The van der Waals surface area contributed by atoms with Crippen molar-refractivity contribution in [1.82, 2.24) is 16.0 Å². The maximum Gasteiger partial charge on any atom is 0.408 e. The lowest BCUT2D eigenvalue weighted by Crippen LogP contribution is -2.57. The summed E-state index contributed by atoms with van der Waals surface area (Å²) < 4.78 is 5.30. The smallest absolute Gasteiger partial charge is 0.408 e. The van der Waals surface area contributed by atoms with E-state index in [-0.39, 0.29) is 30.6 Å². The number of phenolic OH excluding ortho intramolecular Hbond substituents is 1. The van der Waals surface area contributed by atoms with Gasteiger partial charge in [-0.2, -0.15) is 0 Å². The number of aromatic hydroxyl groups is 1. The molecular formula is C29H39N3O6. The van der Waals surface area contributed by atoms with Gasteiger partial charge >= 0.3 is 6.09 Å². The third kappa shape index (κ3) is 10.2. The Balaban J connectivity index is 2.17. The second-order valence-electron chi connectivity index (χ2n) is 9.88. The molecule has 0 spiro atoms. The molecule has 9 heteroatoms. The SMILES string of the molecule is CC[C@H](C)[C@H](NC(=O)[C@H](Cc1ccc(O)cc1)NC(=O)OCc1ccccc1)C(=O)N[C@H](C=O)CC(C)C. The van der Waals surface area contributed by atoms with E-state index >= 15 is 0 Å². The maximum atomic E-state index is 13.4. The zero-order valence-electron chi connectivity index (χ0n) is 22.5. The molecule has 0 radical (unpaired) electrons. The highest BCUT2D eigenvalue weighted by molar-refractivity contribution is 5.92. The van der Waals surface area contributed by atoms with Crippen LogP contribution >= 0.6 is 0 Å². The number of carbonyl (C=O) groups is 4. The van der Waals surface area contributed by atoms with E-state index in [1.165, 1.54) is 12.1 Å². The first-order chi connectivity index (χ1) is 18.1. The van der Waals surface area contributed by atoms with E-state index in [2.05, 4.69) is 16.0 Å². The number of aldehydes is 1. The molecule has 0 aliphatic heterocycles. The molecule has 3 amide bonds. The standard InChI is InChI=1S/C29H39N3O6/c1-5-20(4)26(28(36)30-23(17-33)15-19(2)3)32-27(35)25(16-21-11-13-24(34)14-12-21)31-29(37)38-18-22-9-7-6-8-10-22/h6-14,17,19-20,23,25-26,34H,5,15-16,18H2,1-4H3,(H,30,36)(H,31,37)(H,32,35)/t20-,23-,25-,26-/m0/s1. The van der Waals surface area contributed by atoms with Crippen LogP contribution in [0.3, 0.4) is 0 Å². The summed E-state index contributed by atoms with van der Waals surface area (Å²) in [5, 5.41) is 17.7. The third-order valence-electron chi connectivity index (χ3n) is 6.21. The molecule has 4 atom stereocenters. The second kappa shape index (κ2) is 15.4. The van der Waals surface area contributed by atoms with Crippen molar-refractivity contribution in [1.29, 1.82) is 0 Å². The van der Waals surface area contributed by atoms with Crippen LogP contribution in [0.5, 0.6) is 5.75 Å². The summed E-state index contributed by atoms with van der Waals surface area (Å²) >= 11 is 0. The van der Waals surface area contributed by atoms with E-state index in [0.29, 0.717) is 24.7 Å². The van der Waals surface area contributed by atoms with Gasteiger partial charge in [0, 0.05) is 6.42 Å². The number of rotatable bonds is 14. The van der Waals surface area contributed by atoms with Gasteiger partial charge in [0.25, 0.3) is 0 Å². The Hall–Kier alpha value is -3.88. The molecule has 0 bridgehead atoms. The lowest BCUT2D eigenvalue weighted by molar-refractivity contribution is -0.132. The summed E-state index contributed by atoms with van der Waals surface area (Å²) in [7, 11) is 0. The molecule has 0 saturated carbocycles. The highest BCUT2D eigenvalue weighted by atomic mass is 16.5. The average Bonchev–Trinajstić information content (AvgIpc) is 2.90. The van der Waals surface area contributed by atoms with Crippen LogP contribution in [0.15, 0.2) is 54.6 Å². The summed E-state index contributed by atoms with van der Waals surface area (Å²) in [5.41, 5.74) is 1.48. The molecule has 9 nitrogen and oxygen atoms in total. The van der Waals surface area contributed by atoms with E-state index in [1.807, 2.05) is 58.0 Å². The van der Waals surface area contributed by atoms with Crippen molar-refractivity contribution in [2.75, 3.05) is 0 Å². The van der Waals surface area contributed by atoms with Gasteiger partial charge in [0.05, 0.1) is 6.04 Å². The van der Waals surface area contributed by atoms with Gasteiger partial charge in [0.2, 0.25) is 11.8 Å². The fourth-order valence-corrected chi connectivity index (χ4v) is 3.87. The average molecular weight is 526 g/mol. The van der Waals surface area contributed by atoms with Crippen molar-refractivity contribution < 1.29 is 29.0 Å². The van der Waals surface area contributed by atoms with Crippen LogP contribution in [0.25, 0.3) is 0 Å². The van der Waals surface area contributed by atoms with E-state index in [1.54, 1.807) is 12.1 Å². The Kier molecular flexibility index (Phi) is 12.3. The summed E-state index contributed by atoms with van der Waals surface area (Å²) in [5.74, 6) is -0.987. The molecule has 2 aromatic rings. The molecule has 2 aromatic carbocycles. The van der Waals surface area contributed by atoms with Crippen molar-refractivity contribution in [2.24, 2.45) is 11.8 Å². The molecule has 0 saturated heterocycles. The number of alkyl carbamates (subject to hydrolysis) is 1. The zero-order valence-corrected chi connectivity index (χ0v) is 22.5. The third-order valence-corrected chi connectivity index (χ3v) is 6.21. The van der Waals surface area contributed by atoms with Gasteiger partial charge in [-0.3, -0.25) is 9.59 Å². The first-order valence-corrected chi connectivity index (χ1v) is 12.9. The number of carbonyl (C=O) groups excluding carboxylic acids is 4. The summed E-state index contributed by atoms with van der Waals surface area (Å²) in [6.07, 6.45) is 1.10. The molecule has 0 aromatic heterocycles. The fourth-order valence-electron chi connectivity index (χ4n) is 3.87. The Morgan fingerprint density at radius 2 is 1.55 bits per heavy atom. The Labute approximate surface area is 224 Å². The highest BCUT2D eigenvalue weighted by Gasteiger charge is 2.31. The van der Waals surface area contributed by atoms with Crippen LogP contribution in [0.1, 0.15) is 51.7 Å². The molecule has 0 aliphatic carbocycles. The predicted octanol–water partition coefficient (Wildman–Crippen LogP) is 3.49. The minimum atomic E-state index is -1.06. The Morgan fingerprint density at radius 1 is 0.895 bits per heavy atom. The summed E-state index contributed by atoms with van der Waals surface area (Å²) in [4.78, 5) is 50.6. The topological polar surface area (TPSA) is 134 Å². The molecule has 0 fully saturated rings. The Morgan fingerprint density at radius 3 is 2.13 bits per heavy atom. The number of hydrogen-bond donors (Lipinski definition) is 4. The minimum Gasteiger partial charge on any atom is -0.508 e. The fraction of sp³-hybridized carbons (Fsp3) is 0.448. The zero-order chi connectivity index (χ0) is 28.1. The number of nitrogens with one attached hydrogen (secondary N) is 3. The first kappa shape index (κ1) is 30.3. The predicted molar refractivity (Wildman–Crippen MR) is 144 cm³/mol. The number of hydrogen-bond acceptors (Lipinski definition) is 6. The summed E-state index contributed by atoms with van der Waals surface area (Å²) in [6, 6.07) is 12.8. The van der Waals surface area contributed by atoms with Crippen LogP contribution in [-0.2, 0) is 32.1 Å². The van der Waals surface area contributed by atoms with Gasteiger partial charge in [-0.05, 0) is 41.5 Å². The van der Waals surface area contributed by atoms with Crippen molar-refractivity contribution in [3.05, 3.63) is 65.7 Å². The quantitative estimate of drug-likeness (QED) is 0.279. The van der Waals surface area contributed by atoms with Crippen LogP contribution in [0, 0.1) is 11.8 Å². The largest absolute Gasteiger partial charge is 0.508 e. The first-order valence-electron chi connectivity index (χ1n) is 12.9. The molecule has 2 rings (SSSR count). The molecule has 0 heterocycles. The number of amides is 3. The number of ether oxygens (including phenoxy) is 1. The van der Waals surface area contributed by atoms with Gasteiger partial charge in [-0.15, -0.1) is 0 Å². The van der Waals surface area contributed by atoms with Gasteiger partial charge < -0.3 is 30.6 Å². The Bertz CT molecular complexity index is 1040. The molecular weight excluding hydrogens is 486 g/mol. The van der Waals surface area contributed by atoms with Gasteiger partial charge in [0.1, 0.15) is 30.7 Å². The lowest BCUT2D eigenvalue weighted by Gasteiger charge is -2.27. The lowest BCUT2D eigenvalue weighted by atomic mass is 9.96. The minimum absolute atomic E-state index is 0.0288. The molecule has 0 unspecified atom stereocenters. The van der Waals surface area contributed by atoms with Crippen LogP contribution in [0.2, 0.25) is 0 Å². The second-order valence-corrected chi connectivity index (χ2v) is 9.88. The molecule has 0 aliphatic rings. The van der Waals surface area contributed by atoms with Crippen LogP contribution < -0.4 is 16.0 Å². The highest BCUT2D eigenvalue weighted by Crippen LogP contribution is 2.14. The molecule has 4 N–H and O–H groups in total. The van der Waals surface area contributed by atoms with Gasteiger partial charge in [-0.25, -0.2) is 4.79 Å². The normalized spacial score (nSPS) is 14.0. The maximum absolute atomic E-state index is 13.4. The van der Waals surface area contributed by atoms with Gasteiger partial charge in [-0.1, -0.05) is 76.6 Å². The van der Waals surface area contributed by atoms with Crippen LogP contribution in [0.4, 0.5) is 4.79 Å². The van der Waals surface area contributed by atoms with Crippen molar-refractivity contribution >= 4 is 24.2 Å². The van der Waals surface area contributed by atoms with Crippen LogP contribution in [-0.4, -0.2) is 47.4 Å². The monoisotopic (exact) mass is 525 g/mol. The van der Waals surface area contributed by atoms with E-state index in [4.69, 9.17) is 4.74 Å². The number of benzene rings is 2. The van der Waals surface area contributed by atoms with Crippen molar-refractivity contribution in [2.45, 2.75) is 71.7 Å². The van der Waals surface area contributed by atoms with E-state index < -0.39 is 36.0 Å². The molecule has 206 valence electrons. The number of phenols is 1. The van der Waals surface area contributed by atoms with E-state index in [0.717, 1.165) is 5.56 Å². The molecule has 38 heavy (non-hydrogen) atoms. The van der Waals surface area contributed by atoms with Crippen molar-refractivity contribution in [3.63, 3.8) is 0 Å². The van der Waals surface area contributed by atoms with Crippen molar-refractivity contribution in [3.8, 4) is 5.75 Å². The van der Waals surface area contributed by atoms with Gasteiger partial charge in [0.15, 0.2) is 0 Å².